The molecule has 0 atom stereocenters. The minimum absolute atomic E-state index is 0.00346. The summed E-state index contributed by atoms with van der Waals surface area (Å²) in [4.78, 5) is 38.3. The molecule has 1 fully saturated rings. The van der Waals surface area contributed by atoms with Crippen LogP contribution in [0.3, 0.4) is 0 Å². The Balaban J connectivity index is 1.43. The lowest BCUT2D eigenvalue weighted by Crippen LogP contribution is -2.36. The number of amides is 3. The first-order valence-corrected chi connectivity index (χ1v) is 12.9. The van der Waals surface area contributed by atoms with Gasteiger partial charge in [0.15, 0.2) is 5.75 Å². The summed E-state index contributed by atoms with van der Waals surface area (Å²) in [6.45, 7) is -0.575. The zero-order valence-corrected chi connectivity index (χ0v) is 22.6. The quantitative estimate of drug-likeness (QED) is 0.273. The van der Waals surface area contributed by atoms with E-state index in [4.69, 9.17) is 39.5 Å². The van der Waals surface area contributed by atoms with Gasteiger partial charge in [-0.2, -0.15) is 13.2 Å². The lowest BCUT2D eigenvalue weighted by atomic mass is 10.2. The summed E-state index contributed by atoms with van der Waals surface area (Å²) in [7, 11) is 0. The summed E-state index contributed by atoms with van der Waals surface area (Å²) in [5, 5.41) is 2.37. The third-order valence-corrected chi connectivity index (χ3v) is 7.13. The van der Waals surface area contributed by atoms with Crippen LogP contribution in [0.25, 0.3) is 6.08 Å². The van der Waals surface area contributed by atoms with Crippen LogP contribution in [0.1, 0.15) is 16.7 Å². The summed E-state index contributed by atoms with van der Waals surface area (Å²) in [6, 6.07) is 14.1. The van der Waals surface area contributed by atoms with E-state index < -0.39 is 35.3 Å². The molecular formula is C26H16Cl3F3N2O4S. The van der Waals surface area contributed by atoms with Crippen molar-refractivity contribution in [3.05, 3.63) is 97.3 Å². The summed E-state index contributed by atoms with van der Waals surface area (Å²) >= 11 is 19.4. The monoisotopic (exact) mass is 614 g/mol. The third-order valence-electron chi connectivity index (χ3n) is 5.30. The van der Waals surface area contributed by atoms with Gasteiger partial charge in [0.25, 0.3) is 11.1 Å². The van der Waals surface area contributed by atoms with E-state index in [0.29, 0.717) is 27.2 Å². The van der Waals surface area contributed by atoms with E-state index in [9.17, 15) is 27.6 Å². The van der Waals surface area contributed by atoms with Gasteiger partial charge in [-0.15, -0.1) is 0 Å². The Labute approximate surface area is 239 Å². The first-order chi connectivity index (χ1) is 18.4. The first kappa shape index (κ1) is 28.8. The Morgan fingerprint density at radius 3 is 2.33 bits per heavy atom. The van der Waals surface area contributed by atoms with Crippen molar-refractivity contribution >= 4 is 75.4 Å². The molecule has 3 amide bonds. The lowest BCUT2D eigenvalue weighted by Gasteiger charge is -2.13. The first-order valence-electron chi connectivity index (χ1n) is 11.0. The number of imide groups is 1. The molecule has 0 aliphatic carbocycles. The second-order valence-corrected chi connectivity index (χ2v) is 10.3. The molecule has 39 heavy (non-hydrogen) atoms. The Morgan fingerprint density at radius 1 is 0.974 bits per heavy atom. The highest BCUT2D eigenvalue weighted by atomic mass is 35.5. The highest BCUT2D eigenvalue weighted by Gasteiger charge is 2.36. The molecule has 1 saturated heterocycles. The third kappa shape index (κ3) is 7.07. The van der Waals surface area contributed by atoms with E-state index in [1.807, 2.05) is 0 Å². The number of hydrogen-bond acceptors (Lipinski definition) is 5. The van der Waals surface area contributed by atoms with Crippen LogP contribution in [0.2, 0.25) is 15.1 Å². The fraction of sp³-hybridized carbons (Fsp3) is 0.115. The SMILES string of the molecule is O=C(CN1C(=O)S/C(=C\c2cc(Cl)c(OCc3ccccc3Cl)c(Cl)c2)C1=O)Nc1cccc(C(F)(F)F)c1. The minimum Gasteiger partial charge on any atom is -0.486 e. The van der Waals surface area contributed by atoms with Gasteiger partial charge in [-0.25, -0.2) is 0 Å². The number of ether oxygens (including phenoxy) is 1. The fourth-order valence-electron chi connectivity index (χ4n) is 3.47. The number of benzene rings is 3. The van der Waals surface area contributed by atoms with Crippen LogP contribution < -0.4 is 10.1 Å². The number of thioether (sulfide) groups is 1. The molecule has 0 radical (unpaired) electrons. The Kier molecular flexibility index (Phi) is 8.80. The normalized spacial score (nSPS) is 14.7. The molecule has 202 valence electrons. The predicted octanol–water partition coefficient (Wildman–Crippen LogP) is 7.92. The van der Waals surface area contributed by atoms with Crippen molar-refractivity contribution in [2.45, 2.75) is 12.8 Å². The van der Waals surface area contributed by atoms with E-state index >= 15 is 0 Å². The summed E-state index contributed by atoms with van der Waals surface area (Å²) in [5.74, 6) is -1.39. The second kappa shape index (κ2) is 11.9. The Hall–Kier alpha value is -3.18. The molecule has 3 aromatic carbocycles. The molecule has 1 aliphatic heterocycles. The number of halogens is 6. The van der Waals surface area contributed by atoms with E-state index in [1.54, 1.807) is 24.3 Å². The predicted molar refractivity (Wildman–Crippen MR) is 145 cm³/mol. The molecule has 6 nitrogen and oxygen atoms in total. The van der Waals surface area contributed by atoms with Crippen molar-refractivity contribution in [1.29, 1.82) is 0 Å². The van der Waals surface area contributed by atoms with Gasteiger partial charge in [0.1, 0.15) is 13.2 Å². The summed E-state index contributed by atoms with van der Waals surface area (Å²) in [5.41, 5.74) is 0.0422. The number of carbonyl (C=O) groups is 3. The minimum atomic E-state index is -4.59. The number of nitrogens with one attached hydrogen (secondary N) is 1. The van der Waals surface area contributed by atoms with E-state index in [-0.39, 0.29) is 33.0 Å². The van der Waals surface area contributed by atoms with Crippen LogP contribution in [0, 0.1) is 0 Å². The highest BCUT2D eigenvalue weighted by molar-refractivity contribution is 8.18. The van der Waals surface area contributed by atoms with Gasteiger partial charge < -0.3 is 10.1 Å². The highest BCUT2D eigenvalue weighted by Crippen LogP contribution is 2.38. The average molecular weight is 616 g/mol. The number of carbonyl (C=O) groups excluding carboxylic acids is 3. The summed E-state index contributed by atoms with van der Waals surface area (Å²) < 4.78 is 44.4. The smallest absolute Gasteiger partial charge is 0.416 e. The lowest BCUT2D eigenvalue weighted by molar-refractivity contribution is -0.137. The van der Waals surface area contributed by atoms with Gasteiger partial charge in [-0.05, 0) is 59.8 Å². The van der Waals surface area contributed by atoms with Crippen LogP contribution in [-0.2, 0) is 22.4 Å². The number of rotatable bonds is 7. The summed E-state index contributed by atoms with van der Waals surface area (Å²) in [6.07, 6.45) is -3.21. The Morgan fingerprint density at radius 2 is 1.67 bits per heavy atom. The molecule has 0 aromatic heterocycles. The van der Waals surface area contributed by atoms with Crippen molar-refractivity contribution in [1.82, 2.24) is 4.90 Å². The average Bonchev–Trinajstić information content (AvgIpc) is 3.11. The molecule has 4 rings (SSSR count). The van der Waals surface area contributed by atoms with Crippen molar-refractivity contribution in [2.75, 3.05) is 11.9 Å². The van der Waals surface area contributed by atoms with Crippen LogP contribution in [0.4, 0.5) is 23.7 Å². The molecule has 1 N–H and O–H groups in total. The number of anilines is 1. The van der Waals surface area contributed by atoms with E-state index in [2.05, 4.69) is 5.32 Å². The Bertz CT molecular complexity index is 1470. The van der Waals surface area contributed by atoms with Crippen LogP contribution in [0.5, 0.6) is 5.75 Å². The van der Waals surface area contributed by atoms with Crippen molar-refractivity contribution in [3.8, 4) is 5.75 Å². The maximum Gasteiger partial charge on any atom is 0.416 e. The van der Waals surface area contributed by atoms with Gasteiger partial charge in [0.05, 0.1) is 20.5 Å². The molecule has 0 spiro atoms. The number of nitrogens with zero attached hydrogens (tertiary/aromatic N) is 1. The zero-order chi connectivity index (χ0) is 28.3. The van der Waals surface area contributed by atoms with Crippen LogP contribution >= 0.6 is 46.6 Å². The topological polar surface area (TPSA) is 75.7 Å². The fourth-order valence-corrected chi connectivity index (χ4v) is 5.11. The van der Waals surface area contributed by atoms with Gasteiger partial charge in [0.2, 0.25) is 5.91 Å². The second-order valence-electron chi connectivity index (χ2n) is 8.09. The zero-order valence-electron chi connectivity index (χ0n) is 19.5. The van der Waals surface area contributed by atoms with Gasteiger partial charge >= 0.3 is 6.18 Å². The molecule has 3 aromatic rings. The molecule has 1 aliphatic rings. The van der Waals surface area contributed by atoms with Gasteiger partial charge in [0, 0.05) is 16.3 Å². The number of alkyl halides is 3. The van der Waals surface area contributed by atoms with E-state index in [0.717, 1.165) is 23.8 Å². The molecule has 13 heteroatoms. The maximum absolute atomic E-state index is 12.9. The largest absolute Gasteiger partial charge is 0.486 e. The molecule has 0 bridgehead atoms. The van der Waals surface area contributed by atoms with Crippen molar-refractivity contribution in [2.24, 2.45) is 0 Å². The molecule has 0 saturated carbocycles. The van der Waals surface area contributed by atoms with Gasteiger partial charge in [-0.3, -0.25) is 19.3 Å². The standard InChI is InChI=1S/C26H16Cl3F3N2O4S/c27-18-7-2-1-4-15(18)13-38-23-19(28)8-14(9-20(23)29)10-21-24(36)34(25(37)39-21)12-22(35)33-17-6-3-5-16(11-17)26(30,31)32/h1-11H,12-13H2,(H,33,35)/b21-10-. The molecule has 1 heterocycles. The van der Waals surface area contributed by atoms with Crippen molar-refractivity contribution in [3.63, 3.8) is 0 Å². The molecular weight excluding hydrogens is 600 g/mol. The van der Waals surface area contributed by atoms with Crippen molar-refractivity contribution < 1.29 is 32.3 Å². The maximum atomic E-state index is 12.9. The number of hydrogen-bond donors (Lipinski definition) is 1. The van der Waals surface area contributed by atoms with Gasteiger partial charge in [-0.1, -0.05) is 59.1 Å². The van der Waals surface area contributed by atoms with E-state index in [1.165, 1.54) is 24.3 Å². The van der Waals surface area contributed by atoms with Crippen LogP contribution in [0.15, 0.2) is 65.6 Å². The van der Waals surface area contributed by atoms with Crippen LogP contribution in [-0.4, -0.2) is 28.5 Å². The molecule has 0 unspecified atom stereocenters.